The number of hydrogen-bond donors (Lipinski definition) is 3. The summed E-state index contributed by atoms with van der Waals surface area (Å²) in [5.41, 5.74) is 2.81. The van der Waals surface area contributed by atoms with Crippen LogP contribution in [0.4, 0.5) is 14.0 Å². The molecule has 2 heterocycles. The normalized spacial score (nSPS) is 10.7. The minimum atomic E-state index is -0.466. The number of aromatic nitrogens is 3. The number of halogens is 1. The first-order valence-electron chi connectivity index (χ1n) is 12.1. The Balaban J connectivity index is 1.26. The van der Waals surface area contributed by atoms with Crippen LogP contribution in [0.3, 0.4) is 0 Å². The van der Waals surface area contributed by atoms with Gasteiger partial charge in [-0.1, -0.05) is 42.5 Å². The molecule has 192 valence electrons. The molecule has 0 atom stereocenters. The highest BCUT2D eigenvalue weighted by molar-refractivity contribution is 5.75. The third-order valence-corrected chi connectivity index (χ3v) is 5.63. The summed E-state index contributed by atoms with van der Waals surface area (Å²) < 4.78 is 19.2. The number of para-hydroxylation sites is 2. The number of H-pyrrole nitrogens is 1. The number of hydrogen-bond acceptors (Lipinski definition) is 5. The molecule has 4 rings (SSSR count). The number of rotatable bonds is 11. The Morgan fingerprint density at radius 3 is 2.59 bits per heavy atom. The smallest absolute Gasteiger partial charge is 0.410 e. The van der Waals surface area contributed by atoms with Gasteiger partial charge in [0.05, 0.1) is 29.8 Å². The van der Waals surface area contributed by atoms with Crippen LogP contribution in [0.25, 0.3) is 11.0 Å². The quantitative estimate of drug-likeness (QED) is 0.260. The van der Waals surface area contributed by atoms with Crippen molar-refractivity contribution in [2.75, 3.05) is 13.1 Å². The van der Waals surface area contributed by atoms with Crippen LogP contribution in [-0.4, -0.2) is 45.1 Å². The van der Waals surface area contributed by atoms with E-state index in [1.165, 1.54) is 18.3 Å². The number of amides is 3. The monoisotopic (exact) mass is 504 g/mol. The highest BCUT2D eigenvalue weighted by Gasteiger charge is 2.17. The van der Waals surface area contributed by atoms with Crippen LogP contribution in [0.2, 0.25) is 0 Å². The first kappa shape index (κ1) is 25.6. The van der Waals surface area contributed by atoms with Gasteiger partial charge in [0.1, 0.15) is 18.2 Å². The Bertz CT molecular complexity index is 1280. The average Bonchev–Trinajstić information content (AvgIpc) is 3.33. The second-order valence-electron chi connectivity index (χ2n) is 8.41. The molecule has 10 heteroatoms. The van der Waals surface area contributed by atoms with Crippen molar-refractivity contribution in [3.63, 3.8) is 0 Å². The molecule has 3 amide bonds. The lowest BCUT2D eigenvalue weighted by atomic mass is 10.2. The summed E-state index contributed by atoms with van der Waals surface area (Å²) in [6, 6.07) is 19.5. The third kappa shape index (κ3) is 7.76. The van der Waals surface area contributed by atoms with E-state index in [4.69, 9.17) is 4.74 Å². The second kappa shape index (κ2) is 13.0. The lowest BCUT2D eigenvalue weighted by Gasteiger charge is -2.21. The van der Waals surface area contributed by atoms with Gasteiger partial charge < -0.3 is 25.3 Å². The molecule has 0 bridgehead atoms. The molecule has 0 unspecified atom stereocenters. The SMILES string of the molecule is O=C(NCCCCN(Cc1nc2ccccc2[nH]1)C(=O)OCc1ccccc1)NCc1ncccc1F. The fourth-order valence-electron chi connectivity index (χ4n) is 3.71. The molecule has 37 heavy (non-hydrogen) atoms. The van der Waals surface area contributed by atoms with Gasteiger partial charge in [0, 0.05) is 19.3 Å². The van der Waals surface area contributed by atoms with E-state index in [9.17, 15) is 14.0 Å². The minimum Gasteiger partial charge on any atom is -0.445 e. The van der Waals surface area contributed by atoms with Crippen molar-refractivity contribution in [1.82, 2.24) is 30.5 Å². The van der Waals surface area contributed by atoms with Crippen LogP contribution in [0.1, 0.15) is 29.9 Å². The number of ether oxygens (including phenoxy) is 1. The van der Waals surface area contributed by atoms with Gasteiger partial charge >= 0.3 is 12.1 Å². The van der Waals surface area contributed by atoms with E-state index in [2.05, 4.69) is 25.6 Å². The molecule has 0 saturated heterocycles. The molecule has 2 aromatic carbocycles. The maximum absolute atomic E-state index is 13.6. The zero-order valence-electron chi connectivity index (χ0n) is 20.3. The number of unbranched alkanes of at least 4 members (excludes halogenated alkanes) is 1. The molecule has 2 aromatic heterocycles. The van der Waals surface area contributed by atoms with Gasteiger partial charge in [-0.05, 0) is 42.7 Å². The molecule has 0 spiro atoms. The Morgan fingerprint density at radius 2 is 1.78 bits per heavy atom. The van der Waals surface area contributed by atoms with Crippen molar-refractivity contribution in [1.29, 1.82) is 0 Å². The molecule has 9 nitrogen and oxygen atoms in total. The molecule has 0 fully saturated rings. The van der Waals surface area contributed by atoms with Crippen molar-refractivity contribution < 1.29 is 18.7 Å². The second-order valence-corrected chi connectivity index (χ2v) is 8.41. The number of nitrogens with one attached hydrogen (secondary N) is 3. The van der Waals surface area contributed by atoms with Crippen LogP contribution in [0, 0.1) is 5.82 Å². The standard InChI is InChI=1S/C27H29FN6O3/c28-21-11-8-15-29-24(21)17-31-26(35)30-14-6-7-16-34(27(36)37-19-20-9-2-1-3-10-20)18-25-32-22-12-4-5-13-23(22)33-25/h1-5,8-13,15H,6-7,14,16-19H2,(H,32,33)(H2,30,31,35). The first-order valence-corrected chi connectivity index (χ1v) is 12.1. The Morgan fingerprint density at radius 1 is 0.973 bits per heavy atom. The van der Waals surface area contributed by atoms with Crippen LogP contribution in [0.15, 0.2) is 72.9 Å². The molecule has 0 aliphatic heterocycles. The van der Waals surface area contributed by atoms with Gasteiger partial charge in [0.15, 0.2) is 0 Å². The van der Waals surface area contributed by atoms with Crippen molar-refractivity contribution in [2.24, 2.45) is 0 Å². The number of carbonyl (C=O) groups excluding carboxylic acids is 2. The summed E-state index contributed by atoms with van der Waals surface area (Å²) in [4.78, 5) is 38.2. The number of pyridine rings is 1. The number of benzene rings is 2. The van der Waals surface area contributed by atoms with Crippen LogP contribution in [0.5, 0.6) is 0 Å². The molecule has 0 aliphatic rings. The van der Waals surface area contributed by atoms with Crippen molar-refractivity contribution in [3.8, 4) is 0 Å². The van der Waals surface area contributed by atoms with Gasteiger partial charge in [-0.3, -0.25) is 4.98 Å². The van der Waals surface area contributed by atoms with E-state index in [1.54, 1.807) is 4.90 Å². The van der Waals surface area contributed by atoms with E-state index in [-0.39, 0.29) is 25.4 Å². The van der Waals surface area contributed by atoms with E-state index in [0.717, 1.165) is 16.6 Å². The molecule has 0 aliphatic carbocycles. The molecular formula is C27H29FN6O3. The summed E-state index contributed by atoms with van der Waals surface area (Å²) in [6.07, 6.45) is 2.30. The molecular weight excluding hydrogens is 475 g/mol. The zero-order chi connectivity index (χ0) is 25.9. The van der Waals surface area contributed by atoms with Crippen LogP contribution in [-0.2, 0) is 24.4 Å². The van der Waals surface area contributed by atoms with Gasteiger partial charge in [-0.25, -0.2) is 19.0 Å². The fraction of sp³-hybridized carbons (Fsp3) is 0.259. The van der Waals surface area contributed by atoms with Gasteiger partial charge in [0.2, 0.25) is 0 Å². The van der Waals surface area contributed by atoms with Crippen molar-refractivity contribution in [2.45, 2.75) is 32.5 Å². The Kier molecular flexibility index (Phi) is 9.01. The summed E-state index contributed by atoms with van der Waals surface area (Å²) in [5, 5.41) is 5.32. The summed E-state index contributed by atoms with van der Waals surface area (Å²) in [6.45, 7) is 1.26. The molecule has 4 aromatic rings. The number of fused-ring (bicyclic) bond motifs is 1. The molecule has 0 radical (unpaired) electrons. The Labute approximate surface area is 214 Å². The van der Waals surface area contributed by atoms with E-state index >= 15 is 0 Å². The fourth-order valence-corrected chi connectivity index (χ4v) is 3.71. The average molecular weight is 505 g/mol. The molecule has 3 N–H and O–H groups in total. The number of carbonyl (C=O) groups is 2. The van der Waals surface area contributed by atoms with Crippen LogP contribution < -0.4 is 10.6 Å². The number of nitrogens with zero attached hydrogens (tertiary/aromatic N) is 3. The largest absolute Gasteiger partial charge is 0.445 e. The predicted molar refractivity (Wildman–Crippen MR) is 137 cm³/mol. The highest BCUT2D eigenvalue weighted by atomic mass is 19.1. The summed E-state index contributed by atoms with van der Waals surface area (Å²) in [7, 11) is 0. The third-order valence-electron chi connectivity index (χ3n) is 5.63. The van der Waals surface area contributed by atoms with E-state index < -0.39 is 17.9 Å². The lowest BCUT2D eigenvalue weighted by molar-refractivity contribution is 0.0922. The van der Waals surface area contributed by atoms with Crippen molar-refractivity contribution in [3.05, 3.63) is 95.8 Å². The van der Waals surface area contributed by atoms with E-state index in [0.29, 0.717) is 31.8 Å². The first-order chi connectivity index (χ1) is 18.1. The topological polar surface area (TPSA) is 112 Å². The van der Waals surface area contributed by atoms with Gasteiger partial charge in [-0.15, -0.1) is 0 Å². The number of urea groups is 1. The predicted octanol–water partition coefficient (Wildman–Crippen LogP) is 4.52. The van der Waals surface area contributed by atoms with Crippen LogP contribution >= 0.6 is 0 Å². The maximum atomic E-state index is 13.6. The van der Waals surface area contributed by atoms with E-state index in [1.807, 2.05) is 54.6 Å². The maximum Gasteiger partial charge on any atom is 0.410 e. The van der Waals surface area contributed by atoms with Gasteiger partial charge in [-0.2, -0.15) is 0 Å². The minimum absolute atomic E-state index is 0.00294. The zero-order valence-corrected chi connectivity index (χ0v) is 20.3. The summed E-state index contributed by atoms with van der Waals surface area (Å²) in [5.74, 6) is 0.198. The lowest BCUT2D eigenvalue weighted by Crippen LogP contribution is -2.36. The number of aromatic amines is 1. The Hall–Kier alpha value is -4.47. The van der Waals surface area contributed by atoms with Gasteiger partial charge in [0.25, 0.3) is 0 Å². The molecule has 0 saturated carbocycles. The highest BCUT2D eigenvalue weighted by Crippen LogP contribution is 2.13. The van der Waals surface area contributed by atoms with Crippen molar-refractivity contribution >= 4 is 23.2 Å². The summed E-state index contributed by atoms with van der Waals surface area (Å²) >= 11 is 0. The number of imidazole rings is 1.